The van der Waals surface area contributed by atoms with E-state index in [0.717, 1.165) is 31.9 Å². The van der Waals surface area contributed by atoms with Gasteiger partial charge in [-0.25, -0.2) is 4.79 Å². The first-order valence-corrected chi connectivity index (χ1v) is 9.06. The van der Waals surface area contributed by atoms with Crippen molar-refractivity contribution in [3.63, 3.8) is 0 Å². The topological polar surface area (TPSA) is 54.0 Å². The monoisotopic (exact) mass is 347 g/mol. The molecular formula is C19H29N3O3. The van der Waals surface area contributed by atoms with E-state index < -0.39 is 0 Å². The zero-order valence-electron chi connectivity index (χ0n) is 15.5. The average molecular weight is 347 g/mol. The standard InChI is InChI=1S/C19H29N3O3/c1-15-13-22(14-19(2,3)25-15)18(23)20-12-16-6-4-5-7-17(16)21-8-10-24-11-9-21/h4-7,15H,8-14H2,1-3H3,(H,20,23). The summed E-state index contributed by atoms with van der Waals surface area (Å²) in [6, 6.07) is 8.23. The van der Waals surface area contributed by atoms with Gasteiger partial charge in [-0.1, -0.05) is 18.2 Å². The van der Waals surface area contributed by atoms with E-state index in [2.05, 4.69) is 22.3 Å². The molecular weight excluding hydrogens is 318 g/mol. The lowest BCUT2D eigenvalue weighted by atomic mass is 10.1. The number of carbonyl (C=O) groups is 1. The van der Waals surface area contributed by atoms with Gasteiger partial charge < -0.3 is 24.6 Å². The number of anilines is 1. The van der Waals surface area contributed by atoms with Crippen LogP contribution in [0.2, 0.25) is 0 Å². The molecule has 1 unspecified atom stereocenters. The molecule has 2 aliphatic heterocycles. The first-order valence-electron chi connectivity index (χ1n) is 9.06. The number of nitrogens with zero attached hydrogens (tertiary/aromatic N) is 2. The lowest BCUT2D eigenvalue weighted by Gasteiger charge is -2.41. The molecule has 1 aromatic rings. The van der Waals surface area contributed by atoms with E-state index in [1.165, 1.54) is 5.69 Å². The molecule has 0 spiro atoms. The molecule has 2 saturated heterocycles. The van der Waals surface area contributed by atoms with Crippen LogP contribution in [0, 0.1) is 0 Å². The van der Waals surface area contributed by atoms with Gasteiger partial charge in [0.1, 0.15) is 0 Å². The summed E-state index contributed by atoms with van der Waals surface area (Å²) in [5.74, 6) is 0. The van der Waals surface area contributed by atoms with Crippen molar-refractivity contribution in [2.75, 3.05) is 44.3 Å². The summed E-state index contributed by atoms with van der Waals surface area (Å²) in [5, 5.41) is 3.08. The van der Waals surface area contributed by atoms with Crippen molar-refractivity contribution in [3.8, 4) is 0 Å². The zero-order valence-corrected chi connectivity index (χ0v) is 15.5. The molecule has 2 aliphatic rings. The van der Waals surface area contributed by atoms with Crippen LogP contribution in [0.5, 0.6) is 0 Å². The van der Waals surface area contributed by atoms with Crippen molar-refractivity contribution >= 4 is 11.7 Å². The van der Waals surface area contributed by atoms with E-state index in [4.69, 9.17) is 9.47 Å². The third-order valence-corrected chi connectivity index (χ3v) is 4.63. The first kappa shape index (κ1) is 18.0. The van der Waals surface area contributed by atoms with E-state index in [-0.39, 0.29) is 17.7 Å². The number of rotatable bonds is 3. The number of amides is 2. The molecule has 2 fully saturated rings. The Hall–Kier alpha value is -1.79. The Morgan fingerprint density at radius 3 is 2.72 bits per heavy atom. The predicted molar refractivity (Wildman–Crippen MR) is 97.9 cm³/mol. The van der Waals surface area contributed by atoms with Gasteiger partial charge in [-0.05, 0) is 32.4 Å². The van der Waals surface area contributed by atoms with E-state index in [1.807, 2.05) is 37.8 Å². The molecule has 1 atom stereocenters. The molecule has 2 amide bonds. The lowest BCUT2D eigenvalue weighted by molar-refractivity contribution is -0.117. The van der Waals surface area contributed by atoms with E-state index >= 15 is 0 Å². The molecule has 138 valence electrons. The van der Waals surface area contributed by atoms with Crippen molar-refractivity contribution in [2.45, 2.75) is 39.0 Å². The van der Waals surface area contributed by atoms with Crippen LogP contribution in [0.25, 0.3) is 0 Å². The molecule has 0 aliphatic carbocycles. The third kappa shape index (κ3) is 4.64. The number of benzene rings is 1. The minimum Gasteiger partial charge on any atom is -0.378 e. The minimum atomic E-state index is -0.305. The number of hydrogen-bond donors (Lipinski definition) is 1. The Kier molecular flexibility index (Phi) is 5.49. The van der Waals surface area contributed by atoms with Gasteiger partial charge in [-0.2, -0.15) is 0 Å². The Morgan fingerprint density at radius 2 is 2.00 bits per heavy atom. The third-order valence-electron chi connectivity index (χ3n) is 4.63. The second-order valence-corrected chi connectivity index (χ2v) is 7.46. The SMILES string of the molecule is CC1CN(C(=O)NCc2ccccc2N2CCOCC2)CC(C)(C)O1. The second kappa shape index (κ2) is 7.62. The molecule has 6 heteroatoms. The van der Waals surface area contributed by atoms with Crippen LogP contribution in [0.1, 0.15) is 26.3 Å². The smallest absolute Gasteiger partial charge is 0.317 e. The number of carbonyl (C=O) groups excluding carboxylic acids is 1. The van der Waals surface area contributed by atoms with Gasteiger partial charge in [0.05, 0.1) is 31.5 Å². The molecule has 3 rings (SSSR count). The van der Waals surface area contributed by atoms with Gasteiger partial charge in [0.25, 0.3) is 0 Å². The summed E-state index contributed by atoms with van der Waals surface area (Å²) in [5.41, 5.74) is 2.01. The largest absolute Gasteiger partial charge is 0.378 e. The molecule has 1 aromatic carbocycles. The van der Waals surface area contributed by atoms with E-state index in [1.54, 1.807) is 0 Å². The van der Waals surface area contributed by atoms with Gasteiger partial charge >= 0.3 is 6.03 Å². The number of para-hydroxylation sites is 1. The Labute approximate surface area is 150 Å². The van der Waals surface area contributed by atoms with E-state index in [0.29, 0.717) is 19.6 Å². The summed E-state index contributed by atoms with van der Waals surface area (Å²) in [7, 11) is 0. The Balaban J connectivity index is 1.62. The maximum absolute atomic E-state index is 12.6. The summed E-state index contributed by atoms with van der Waals surface area (Å²) < 4.78 is 11.3. The van der Waals surface area contributed by atoms with Gasteiger partial charge in [-0.15, -0.1) is 0 Å². The highest BCUT2D eigenvalue weighted by atomic mass is 16.5. The molecule has 2 heterocycles. The van der Waals surface area contributed by atoms with Gasteiger partial charge in [0, 0.05) is 31.9 Å². The molecule has 6 nitrogen and oxygen atoms in total. The highest BCUT2D eigenvalue weighted by Gasteiger charge is 2.33. The van der Waals surface area contributed by atoms with Gasteiger partial charge in [-0.3, -0.25) is 0 Å². The number of ether oxygens (including phenoxy) is 2. The van der Waals surface area contributed by atoms with Crippen LogP contribution < -0.4 is 10.2 Å². The summed E-state index contributed by atoms with van der Waals surface area (Å²) in [6.45, 7) is 11.1. The fourth-order valence-corrected chi connectivity index (χ4v) is 3.66. The first-order chi connectivity index (χ1) is 11.9. The lowest BCUT2D eigenvalue weighted by Crippen LogP contribution is -2.56. The number of nitrogens with one attached hydrogen (secondary N) is 1. The average Bonchev–Trinajstić information content (AvgIpc) is 2.59. The quantitative estimate of drug-likeness (QED) is 0.911. The molecule has 0 bridgehead atoms. The van der Waals surface area contributed by atoms with Crippen LogP contribution in [0.4, 0.5) is 10.5 Å². The van der Waals surface area contributed by atoms with Gasteiger partial charge in [0.15, 0.2) is 0 Å². The highest BCUT2D eigenvalue weighted by molar-refractivity contribution is 5.74. The zero-order chi connectivity index (χ0) is 17.9. The minimum absolute atomic E-state index is 0.0278. The van der Waals surface area contributed by atoms with Crippen molar-refractivity contribution < 1.29 is 14.3 Å². The summed E-state index contributed by atoms with van der Waals surface area (Å²) >= 11 is 0. The van der Waals surface area contributed by atoms with Crippen LogP contribution in [0.3, 0.4) is 0 Å². The van der Waals surface area contributed by atoms with E-state index in [9.17, 15) is 4.79 Å². The Morgan fingerprint density at radius 1 is 1.28 bits per heavy atom. The maximum atomic E-state index is 12.6. The van der Waals surface area contributed by atoms with Crippen LogP contribution >= 0.6 is 0 Å². The number of hydrogen-bond acceptors (Lipinski definition) is 4. The predicted octanol–water partition coefficient (Wildman–Crippen LogP) is 2.23. The fourth-order valence-electron chi connectivity index (χ4n) is 3.66. The van der Waals surface area contributed by atoms with Crippen LogP contribution in [-0.2, 0) is 16.0 Å². The van der Waals surface area contributed by atoms with Crippen LogP contribution in [-0.4, -0.2) is 62.0 Å². The summed E-state index contributed by atoms with van der Waals surface area (Å²) in [4.78, 5) is 16.8. The second-order valence-electron chi connectivity index (χ2n) is 7.46. The highest BCUT2D eigenvalue weighted by Crippen LogP contribution is 2.23. The maximum Gasteiger partial charge on any atom is 0.317 e. The molecule has 25 heavy (non-hydrogen) atoms. The van der Waals surface area contributed by atoms with Crippen molar-refractivity contribution in [1.82, 2.24) is 10.2 Å². The molecule has 1 N–H and O–H groups in total. The Bertz CT molecular complexity index is 599. The molecule has 0 saturated carbocycles. The van der Waals surface area contributed by atoms with Crippen molar-refractivity contribution in [2.24, 2.45) is 0 Å². The fraction of sp³-hybridized carbons (Fsp3) is 0.632. The number of urea groups is 1. The molecule has 0 radical (unpaired) electrons. The van der Waals surface area contributed by atoms with Crippen molar-refractivity contribution in [3.05, 3.63) is 29.8 Å². The normalized spacial score (nSPS) is 23.4. The number of morpholine rings is 2. The van der Waals surface area contributed by atoms with Crippen molar-refractivity contribution in [1.29, 1.82) is 0 Å². The summed E-state index contributed by atoms with van der Waals surface area (Å²) in [6.07, 6.45) is 0.0511. The molecule has 0 aromatic heterocycles. The van der Waals surface area contributed by atoms with Gasteiger partial charge in [0.2, 0.25) is 0 Å². The van der Waals surface area contributed by atoms with Crippen LogP contribution in [0.15, 0.2) is 24.3 Å².